The Hall–Kier alpha value is -3.66. The lowest BCUT2D eigenvalue weighted by molar-refractivity contribution is 0.266. The number of ether oxygens (including phenoxy) is 1. The van der Waals surface area contributed by atoms with Crippen molar-refractivity contribution >= 4 is 28.6 Å². The minimum Gasteiger partial charge on any atom is -0.496 e. The predicted molar refractivity (Wildman–Crippen MR) is 143 cm³/mol. The van der Waals surface area contributed by atoms with Gasteiger partial charge in [-0.25, -0.2) is 9.67 Å². The van der Waals surface area contributed by atoms with Gasteiger partial charge in [-0.15, -0.1) is 0 Å². The standard InChI is InChI=1S/C27H34N8O2/c1-16-10-21(11-22(37-4)17(16)2)33-13-23(28-15-33)29-27-30-25(34-9-5-6-20(34)14-36)24-18(3)32-35(26(24)31-27)12-19-7-8-19/h10-11,13,15,19-20,36H,5-9,12,14H2,1-4H3,(H,29,30,31)/t20-/m0/s1. The summed E-state index contributed by atoms with van der Waals surface area (Å²) >= 11 is 0. The van der Waals surface area contributed by atoms with Crippen molar-refractivity contribution in [2.45, 2.75) is 59.0 Å². The summed E-state index contributed by atoms with van der Waals surface area (Å²) in [4.78, 5) is 16.6. The summed E-state index contributed by atoms with van der Waals surface area (Å²) < 4.78 is 9.55. The second kappa shape index (κ2) is 9.33. The predicted octanol–water partition coefficient (Wildman–Crippen LogP) is 4.06. The summed E-state index contributed by atoms with van der Waals surface area (Å²) in [5.74, 6) is 3.47. The molecule has 0 bridgehead atoms. The van der Waals surface area contributed by atoms with Gasteiger partial charge in [-0.1, -0.05) is 0 Å². The second-order valence-corrected chi connectivity index (χ2v) is 10.3. The number of aryl methyl sites for hydroxylation is 2. The largest absolute Gasteiger partial charge is 0.496 e. The Morgan fingerprint density at radius 3 is 2.73 bits per heavy atom. The molecule has 3 aromatic heterocycles. The highest BCUT2D eigenvalue weighted by Gasteiger charge is 2.30. The van der Waals surface area contributed by atoms with E-state index >= 15 is 0 Å². The van der Waals surface area contributed by atoms with Gasteiger partial charge < -0.3 is 24.6 Å². The van der Waals surface area contributed by atoms with Crippen molar-refractivity contribution in [3.8, 4) is 11.4 Å². The van der Waals surface area contributed by atoms with Gasteiger partial charge in [-0.3, -0.25) is 0 Å². The van der Waals surface area contributed by atoms with Gasteiger partial charge in [0.25, 0.3) is 0 Å². The number of benzene rings is 1. The lowest BCUT2D eigenvalue weighted by atomic mass is 10.1. The van der Waals surface area contributed by atoms with E-state index in [1.807, 2.05) is 28.4 Å². The number of nitrogens with one attached hydrogen (secondary N) is 1. The van der Waals surface area contributed by atoms with E-state index in [1.165, 1.54) is 12.8 Å². The maximum atomic E-state index is 10.0. The van der Waals surface area contributed by atoms with E-state index in [4.69, 9.17) is 19.8 Å². The second-order valence-electron chi connectivity index (χ2n) is 10.3. The molecule has 4 aromatic rings. The van der Waals surface area contributed by atoms with Gasteiger partial charge in [0, 0.05) is 19.2 Å². The van der Waals surface area contributed by atoms with E-state index in [2.05, 4.69) is 35.1 Å². The number of aliphatic hydroxyl groups excluding tert-OH is 1. The van der Waals surface area contributed by atoms with Crippen molar-refractivity contribution < 1.29 is 9.84 Å². The fourth-order valence-electron chi connectivity index (χ4n) is 5.28. The maximum Gasteiger partial charge on any atom is 0.232 e. The highest BCUT2D eigenvalue weighted by molar-refractivity contribution is 5.91. The Bertz CT molecular complexity index is 1450. The monoisotopic (exact) mass is 502 g/mol. The molecule has 4 heterocycles. The van der Waals surface area contributed by atoms with Crippen LogP contribution in [-0.2, 0) is 6.54 Å². The number of methoxy groups -OCH3 is 1. The molecular formula is C27H34N8O2. The normalized spacial score (nSPS) is 17.6. The van der Waals surface area contributed by atoms with E-state index in [0.717, 1.165) is 71.0 Å². The minimum absolute atomic E-state index is 0.0519. The van der Waals surface area contributed by atoms with Crippen LogP contribution in [-0.4, -0.2) is 60.7 Å². The number of rotatable bonds is 8. The van der Waals surface area contributed by atoms with Crippen LogP contribution in [0, 0.1) is 26.7 Å². The van der Waals surface area contributed by atoms with E-state index in [1.54, 1.807) is 13.4 Å². The first-order chi connectivity index (χ1) is 17.9. The van der Waals surface area contributed by atoms with Gasteiger partial charge in [0.2, 0.25) is 5.95 Å². The van der Waals surface area contributed by atoms with Crippen LogP contribution in [0.15, 0.2) is 24.7 Å². The van der Waals surface area contributed by atoms with E-state index in [0.29, 0.717) is 17.7 Å². The Morgan fingerprint density at radius 1 is 1.14 bits per heavy atom. The first-order valence-corrected chi connectivity index (χ1v) is 13.0. The Labute approximate surface area is 216 Å². The van der Waals surface area contributed by atoms with Gasteiger partial charge in [0.1, 0.15) is 17.9 Å². The number of aliphatic hydroxyl groups is 1. The molecule has 1 aliphatic carbocycles. The molecule has 1 atom stereocenters. The highest BCUT2D eigenvalue weighted by Crippen LogP contribution is 2.36. The van der Waals surface area contributed by atoms with Crippen LogP contribution in [0.25, 0.3) is 16.7 Å². The van der Waals surface area contributed by atoms with Crippen LogP contribution in [0.4, 0.5) is 17.6 Å². The summed E-state index contributed by atoms with van der Waals surface area (Å²) in [6.45, 7) is 7.98. The number of hydrogen-bond donors (Lipinski definition) is 2. The van der Waals surface area contributed by atoms with Crippen LogP contribution in [0.2, 0.25) is 0 Å². The summed E-state index contributed by atoms with van der Waals surface area (Å²) in [6.07, 6.45) is 8.15. The molecule has 1 aliphatic heterocycles. The third-order valence-corrected chi connectivity index (χ3v) is 7.68. The number of aromatic nitrogens is 6. The molecule has 0 spiro atoms. The van der Waals surface area contributed by atoms with Crippen molar-refractivity contribution in [3.05, 3.63) is 41.5 Å². The topological polar surface area (TPSA) is 106 Å². The van der Waals surface area contributed by atoms with Gasteiger partial charge >= 0.3 is 0 Å². The smallest absolute Gasteiger partial charge is 0.232 e. The van der Waals surface area contributed by atoms with Crippen LogP contribution >= 0.6 is 0 Å². The molecular weight excluding hydrogens is 468 g/mol. The number of nitrogens with zero attached hydrogens (tertiary/aromatic N) is 7. The lowest BCUT2D eigenvalue weighted by Gasteiger charge is -2.25. The molecule has 1 aromatic carbocycles. The molecule has 2 aliphatic rings. The first kappa shape index (κ1) is 23.7. The molecule has 6 rings (SSSR count). The zero-order valence-electron chi connectivity index (χ0n) is 21.9. The number of fused-ring (bicyclic) bond motifs is 1. The fourth-order valence-corrected chi connectivity index (χ4v) is 5.28. The quantitative estimate of drug-likeness (QED) is 0.372. The molecule has 2 N–H and O–H groups in total. The molecule has 1 saturated carbocycles. The van der Waals surface area contributed by atoms with Crippen LogP contribution in [0.1, 0.15) is 42.5 Å². The molecule has 0 amide bonds. The molecule has 37 heavy (non-hydrogen) atoms. The Balaban J connectivity index is 1.38. The molecule has 1 saturated heterocycles. The average Bonchev–Trinajstić information content (AvgIpc) is 3.26. The zero-order chi connectivity index (χ0) is 25.7. The van der Waals surface area contributed by atoms with Crippen molar-refractivity contribution in [3.63, 3.8) is 0 Å². The third-order valence-electron chi connectivity index (χ3n) is 7.68. The SMILES string of the molecule is COc1cc(-n2cnc(Nc3nc(N4CCC[C@H]4CO)c4c(C)nn(CC5CC5)c4n3)c2)cc(C)c1C. The molecule has 10 nitrogen and oxygen atoms in total. The molecule has 0 radical (unpaired) electrons. The third kappa shape index (κ3) is 4.39. The van der Waals surface area contributed by atoms with Crippen LogP contribution < -0.4 is 15.0 Å². The van der Waals surface area contributed by atoms with Crippen molar-refractivity contribution in [2.24, 2.45) is 5.92 Å². The lowest BCUT2D eigenvalue weighted by Crippen LogP contribution is -2.33. The summed E-state index contributed by atoms with van der Waals surface area (Å²) in [6, 6.07) is 4.18. The average molecular weight is 503 g/mol. The summed E-state index contributed by atoms with van der Waals surface area (Å²) in [5.41, 5.74) is 5.01. The molecule has 10 heteroatoms. The van der Waals surface area contributed by atoms with Gasteiger partial charge in [0.05, 0.1) is 42.7 Å². The van der Waals surface area contributed by atoms with Gasteiger partial charge in [0.15, 0.2) is 11.5 Å². The highest BCUT2D eigenvalue weighted by atomic mass is 16.5. The van der Waals surface area contributed by atoms with Crippen molar-refractivity contribution in [1.82, 2.24) is 29.3 Å². The summed E-state index contributed by atoms with van der Waals surface area (Å²) in [7, 11) is 1.69. The molecule has 2 fully saturated rings. The van der Waals surface area contributed by atoms with E-state index in [9.17, 15) is 5.11 Å². The fraction of sp³-hybridized carbons (Fsp3) is 0.481. The van der Waals surface area contributed by atoms with Crippen molar-refractivity contribution in [2.75, 3.05) is 30.5 Å². The summed E-state index contributed by atoms with van der Waals surface area (Å²) in [5, 5.41) is 19.2. The van der Waals surface area contributed by atoms with E-state index in [-0.39, 0.29) is 12.6 Å². The first-order valence-electron chi connectivity index (χ1n) is 13.0. The Morgan fingerprint density at radius 2 is 1.97 bits per heavy atom. The minimum atomic E-state index is 0.0519. The van der Waals surface area contributed by atoms with E-state index < -0.39 is 0 Å². The molecule has 194 valence electrons. The van der Waals surface area contributed by atoms with Gasteiger partial charge in [-0.05, 0) is 69.6 Å². The van der Waals surface area contributed by atoms with Crippen LogP contribution in [0.3, 0.4) is 0 Å². The zero-order valence-corrected chi connectivity index (χ0v) is 21.9. The Kier molecular flexibility index (Phi) is 5.98. The van der Waals surface area contributed by atoms with Crippen LogP contribution in [0.5, 0.6) is 5.75 Å². The number of imidazole rings is 1. The number of anilines is 3. The maximum absolute atomic E-state index is 10.0. The number of hydrogen-bond acceptors (Lipinski definition) is 8. The van der Waals surface area contributed by atoms with Gasteiger partial charge in [-0.2, -0.15) is 15.1 Å². The van der Waals surface area contributed by atoms with Crippen molar-refractivity contribution in [1.29, 1.82) is 0 Å². The molecule has 0 unspecified atom stereocenters.